The summed E-state index contributed by atoms with van der Waals surface area (Å²) in [7, 11) is 1.63. The minimum atomic E-state index is 0.624. The molecule has 1 N–H and O–H groups in total. The number of nitrogens with zero attached hydrogens (tertiary/aromatic N) is 3. The lowest BCUT2D eigenvalue weighted by Crippen LogP contribution is -2.18. The first kappa shape index (κ1) is 12.4. The molecule has 6 heteroatoms. The second-order valence-corrected chi connectivity index (χ2v) is 5.02. The molecule has 3 rings (SSSR count). The van der Waals surface area contributed by atoms with E-state index in [4.69, 9.17) is 16.3 Å². The van der Waals surface area contributed by atoms with Crippen molar-refractivity contribution < 1.29 is 4.74 Å². The molecule has 0 radical (unpaired) electrons. The van der Waals surface area contributed by atoms with Crippen molar-refractivity contribution in [2.45, 2.75) is 25.4 Å². The van der Waals surface area contributed by atoms with Crippen molar-refractivity contribution in [3.05, 3.63) is 35.1 Å². The van der Waals surface area contributed by atoms with Gasteiger partial charge in [-0.25, -0.2) is 4.68 Å². The number of hydrogen-bond acceptors (Lipinski definition) is 4. The summed E-state index contributed by atoms with van der Waals surface area (Å²) < 4.78 is 6.97. The Morgan fingerprint density at radius 3 is 3.05 bits per heavy atom. The second-order valence-electron chi connectivity index (χ2n) is 4.61. The van der Waals surface area contributed by atoms with E-state index in [0.29, 0.717) is 11.1 Å². The first-order valence-corrected chi connectivity index (χ1v) is 6.62. The van der Waals surface area contributed by atoms with E-state index < -0.39 is 0 Å². The molecule has 0 saturated heterocycles. The molecule has 0 atom stereocenters. The van der Waals surface area contributed by atoms with Crippen LogP contribution in [0.4, 0.5) is 0 Å². The molecular formula is C13H15ClN4O. The van der Waals surface area contributed by atoms with Crippen LogP contribution in [0.25, 0.3) is 5.69 Å². The topological polar surface area (TPSA) is 52.0 Å². The van der Waals surface area contributed by atoms with Gasteiger partial charge in [0.15, 0.2) is 0 Å². The molecule has 19 heavy (non-hydrogen) atoms. The smallest absolute Gasteiger partial charge is 0.121 e. The summed E-state index contributed by atoms with van der Waals surface area (Å²) in [5.41, 5.74) is 1.77. The van der Waals surface area contributed by atoms with Crippen molar-refractivity contribution >= 4 is 11.6 Å². The van der Waals surface area contributed by atoms with E-state index in [2.05, 4.69) is 15.6 Å². The van der Waals surface area contributed by atoms with Crippen LogP contribution in [0.15, 0.2) is 24.4 Å². The maximum Gasteiger partial charge on any atom is 0.121 e. The lowest BCUT2D eigenvalue weighted by Gasteiger charge is -2.10. The van der Waals surface area contributed by atoms with Gasteiger partial charge in [0.25, 0.3) is 0 Å². The Morgan fingerprint density at radius 1 is 1.47 bits per heavy atom. The Morgan fingerprint density at radius 2 is 2.32 bits per heavy atom. The van der Waals surface area contributed by atoms with Crippen LogP contribution in [-0.2, 0) is 6.54 Å². The van der Waals surface area contributed by atoms with Crippen molar-refractivity contribution in [2.24, 2.45) is 0 Å². The summed E-state index contributed by atoms with van der Waals surface area (Å²) >= 11 is 6.23. The van der Waals surface area contributed by atoms with Gasteiger partial charge in [0.2, 0.25) is 0 Å². The fourth-order valence-electron chi connectivity index (χ4n) is 1.90. The van der Waals surface area contributed by atoms with E-state index in [0.717, 1.165) is 23.7 Å². The van der Waals surface area contributed by atoms with E-state index >= 15 is 0 Å². The third-order valence-corrected chi connectivity index (χ3v) is 3.47. The van der Waals surface area contributed by atoms with Gasteiger partial charge < -0.3 is 10.1 Å². The Hall–Kier alpha value is -1.59. The zero-order valence-corrected chi connectivity index (χ0v) is 11.4. The van der Waals surface area contributed by atoms with Gasteiger partial charge in [-0.1, -0.05) is 16.8 Å². The van der Waals surface area contributed by atoms with Crippen LogP contribution in [0.2, 0.25) is 5.02 Å². The van der Waals surface area contributed by atoms with Gasteiger partial charge in [0, 0.05) is 18.7 Å². The second kappa shape index (κ2) is 5.19. The zero-order chi connectivity index (χ0) is 13.2. The Bertz CT molecular complexity index is 580. The molecule has 5 nitrogen and oxygen atoms in total. The molecule has 0 bridgehead atoms. The highest BCUT2D eigenvalue weighted by molar-refractivity contribution is 6.32. The third-order valence-electron chi connectivity index (χ3n) is 3.15. The fourth-order valence-corrected chi connectivity index (χ4v) is 2.10. The van der Waals surface area contributed by atoms with Crippen molar-refractivity contribution in [2.75, 3.05) is 7.11 Å². The van der Waals surface area contributed by atoms with Crippen LogP contribution in [0.3, 0.4) is 0 Å². The van der Waals surface area contributed by atoms with Crippen LogP contribution in [0.1, 0.15) is 18.5 Å². The van der Waals surface area contributed by atoms with E-state index in [1.807, 2.05) is 12.1 Å². The largest absolute Gasteiger partial charge is 0.497 e. The first-order valence-electron chi connectivity index (χ1n) is 6.25. The maximum atomic E-state index is 6.23. The Labute approximate surface area is 116 Å². The molecule has 0 amide bonds. The monoisotopic (exact) mass is 278 g/mol. The number of halogens is 1. The van der Waals surface area contributed by atoms with E-state index in [-0.39, 0.29) is 0 Å². The summed E-state index contributed by atoms with van der Waals surface area (Å²) in [6.45, 7) is 0.741. The summed E-state index contributed by atoms with van der Waals surface area (Å²) in [5.74, 6) is 0.746. The molecule has 1 aromatic heterocycles. The van der Waals surface area contributed by atoms with Gasteiger partial charge in [-0.05, 0) is 25.0 Å². The highest BCUT2D eigenvalue weighted by Gasteiger charge is 2.21. The van der Waals surface area contributed by atoms with Gasteiger partial charge in [0.05, 0.1) is 29.7 Å². The van der Waals surface area contributed by atoms with E-state index in [1.165, 1.54) is 12.8 Å². The van der Waals surface area contributed by atoms with Gasteiger partial charge in [-0.2, -0.15) is 0 Å². The number of ether oxygens (including phenoxy) is 1. The summed E-state index contributed by atoms with van der Waals surface area (Å²) in [4.78, 5) is 0. The highest BCUT2D eigenvalue weighted by Crippen LogP contribution is 2.26. The molecule has 1 aliphatic rings. The number of rotatable bonds is 5. The molecule has 0 spiro atoms. The van der Waals surface area contributed by atoms with Crippen molar-refractivity contribution in [1.82, 2.24) is 20.3 Å². The van der Waals surface area contributed by atoms with Crippen LogP contribution in [0.5, 0.6) is 5.75 Å². The lowest BCUT2D eigenvalue weighted by atomic mass is 10.3. The normalized spacial score (nSPS) is 14.6. The molecule has 1 aromatic carbocycles. The average Bonchev–Trinajstić information content (AvgIpc) is 3.15. The number of methoxy groups -OCH3 is 1. The predicted octanol–water partition coefficient (Wildman–Crippen LogP) is 2.18. The fraction of sp³-hybridized carbons (Fsp3) is 0.385. The van der Waals surface area contributed by atoms with Crippen molar-refractivity contribution in [3.63, 3.8) is 0 Å². The molecule has 1 heterocycles. The SMILES string of the molecule is COc1ccc(Cl)c(-n2nncc2CNC2CC2)c1. The van der Waals surface area contributed by atoms with Crippen LogP contribution < -0.4 is 10.1 Å². The standard InChI is InChI=1S/C13H15ClN4O/c1-19-11-4-5-12(14)13(6-11)18-10(8-16-17-18)7-15-9-2-3-9/h4-6,8-9,15H,2-3,7H2,1H3. The van der Waals surface area contributed by atoms with Gasteiger partial charge >= 0.3 is 0 Å². The summed E-state index contributed by atoms with van der Waals surface area (Å²) in [6, 6.07) is 6.13. The van der Waals surface area contributed by atoms with Crippen LogP contribution in [0, 0.1) is 0 Å². The van der Waals surface area contributed by atoms with Crippen molar-refractivity contribution in [3.8, 4) is 11.4 Å². The number of hydrogen-bond donors (Lipinski definition) is 1. The maximum absolute atomic E-state index is 6.23. The predicted molar refractivity (Wildman–Crippen MR) is 72.8 cm³/mol. The molecular weight excluding hydrogens is 264 g/mol. The summed E-state index contributed by atoms with van der Waals surface area (Å²) in [6.07, 6.45) is 4.26. The number of benzene rings is 1. The van der Waals surface area contributed by atoms with E-state index in [9.17, 15) is 0 Å². The Kier molecular flexibility index (Phi) is 3.40. The van der Waals surface area contributed by atoms with Gasteiger partial charge in [-0.15, -0.1) is 5.10 Å². The number of nitrogens with one attached hydrogen (secondary N) is 1. The zero-order valence-electron chi connectivity index (χ0n) is 10.6. The minimum absolute atomic E-state index is 0.624. The van der Waals surface area contributed by atoms with Crippen molar-refractivity contribution in [1.29, 1.82) is 0 Å². The molecule has 0 aliphatic heterocycles. The first-order chi connectivity index (χ1) is 9.28. The highest BCUT2D eigenvalue weighted by atomic mass is 35.5. The van der Waals surface area contributed by atoms with Gasteiger partial charge in [-0.3, -0.25) is 0 Å². The van der Waals surface area contributed by atoms with Crippen LogP contribution in [-0.4, -0.2) is 28.1 Å². The summed E-state index contributed by atoms with van der Waals surface area (Å²) in [5, 5.41) is 12.1. The lowest BCUT2D eigenvalue weighted by molar-refractivity contribution is 0.414. The molecule has 100 valence electrons. The molecule has 2 aromatic rings. The third kappa shape index (κ3) is 2.72. The number of aromatic nitrogens is 3. The van der Waals surface area contributed by atoms with Crippen LogP contribution >= 0.6 is 11.6 Å². The quantitative estimate of drug-likeness (QED) is 0.911. The molecule has 0 unspecified atom stereocenters. The molecule has 1 aliphatic carbocycles. The molecule has 1 fully saturated rings. The Balaban J connectivity index is 1.89. The van der Waals surface area contributed by atoms with Gasteiger partial charge in [0.1, 0.15) is 5.75 Å². The average molecular weight is 279 g/mol. The minimum Gasteiger partial charge on any atom is -0.497 e. The molecule has 1 saturated carbocycles. The van der Waals surface area contributed by atoms with E-state index in [1.54, 1.807) is 24.1 Å².